The normalized spacial score (nSPS) is 11.1. The molecule has 122 valence electrons. The predicted molar refractivity (Wildman–Crippen MR) is 76.8 cm³/mol. The van der Waals surface area contributed by atoms with Crippen molar-refractivity contribution in [1.29, 1.82) is 0 Å². The second-order valence-electron chi connectivity index (χ2n) is 4.61. The lowest BCUT2D eigenvalue weighted by molar-refractivity contribution is -0.141. The highest BCUT2D eigenvalue weighted by Crippen LogP contribution is 2.27. The first kappa shape index (κ1) is 16.7. The van der Waals surface area contributed by atoms with E-state index in [0.29, 0.717) is 5.69 Å². The number of pyridine rings is 1. The van der Waals surface area contributed by atoms with E-state index in [1.165, 1.54) is 0 Å². The van der Waals surface area contributed by atoms with Crippen molar-refractivity contribution in [3.05, 3.63) is 47.5 Å². The van der Waals surface area contributed by atoms with Crippen LogP contribution in [-0.2, 0) is 6.18 Å². The molecule has 2 aromatic heterocycles. The number of anilines is 1. The highest BCUT2D eigenvalue weighted by molar-refractivity contribution is 5.92. The molecule has 1 amide bonds. The fourth-order valence-corrected chi connectivity index (χ4v) is 1.71. The van der Waals surface area contributed by atoms with E-state index < -0.39 is 11.9 Å². The average Bonchev–Trinajstić information content (AvgIpc) is 2.51. The number of aromatic nitrogens is 3. The van der Waals surface area contributed by atoms with Crippen LogP contribution in [0.3, 0.4) is 0 Å². The first-order chi connectivity index (χ1) is 10.9. The Labute approximate surface area is 130 Å². The van der Waals surface area contributed by atoms with Crippen LogP contribution < -0.4 is 10.6 Å². The molecule has 2 heterocycles. The minimum Gasteiger partial charge on any atom is -0.352 e. The van der Waals surface area contributed by atoms with E-state index in [1.807, 2.05) is 0 Å². The van der Waals surface area contributed by atoms with Crippen molar-refractivity contribution in [3.63, 3.8) is 0 Å². The van der Waals surface area contributed by atoms with Gasteiger partial charge in [-0.05, 0) is 25.1 Å². The van der Waals surface area contributed by atoms with E-state index in [1.54, 1.807) is 25.1 Å². The van der Waals surface area contributed by atoms with Crippen LogP contribution in [0.15, 0.2) is 30.5 Å². The molecular weight excluding hydrogens is 311 g/mol. The number of hydrogen-bond acceptors (Lipinski definition) is 5. The van der Waals surface area contributed by atoms with Crippen LogP contribution in [0.1, 0.15) is 21.9 Å². The monoisotopic (exact) mass is 325 g/mol. The van der Waals surface area contributed by atoms with Gasteiger partial charge in [-0.2, -0.15) is 13.2 Å². The maximum absolute atomic E-state index is 12.5. The van der Waals surface area contributed by atoms with Gasteiger partial charge in [-0.1, -0.05) is 6.07 Å². The third kappa shape index (κ3) is 4.90. The number of nitrogens with zero attached hydrogens (tertiary/aromatic N) is 3. The number of carbonyl (C=O) groups excluding carboxylic acids is 1. The molecule has 0 aliphatic carbocycles. The summed E-state index contributed by atoms with van der Waals surface area (Å²) >= 11 is 0. The maximum Gasteiger partial charge on any atom is 0.433 e. The van der Waals surface area contributed by atoms with Gasteiger partial charge in [0.2, 0.25) is 5.95 Å². The van der Waals surface area contributed by atoms with Crippen molar-refractivity contribution in [2.75, 3.05) is 18.4 Å². The summed E-state index contributed by atoms with van der Waals surface area (Å²) in [6, 6.07) is 5.84. The SMILES string of the molecule is Cc1cccc(C(=O)NCCNc2nccc(C(F)(F)F)n2)n1. The van der Waals surface area contributed by atoms with Gasteiger partial charge >= 0.3 is 6.18 Å². The van der Waals surface area contributed by atoms with Crippen LogP contribution in [0.25, 0.3) is 0 Å². The fourth-order valence-electron chi connectivity index (χ4n) is 1.71. The van der Waals surface area contributed by atoms with Gasteiger partial charge in [0.05, 0.1) is 0 Å². The molecule has 9 heteroatoms. The van der Waals surface area contributed by atoms with Gasteiger partial charge in [-0.15, -0.1) is 0 Å². The number of rotatable bonds is 5. The molecule has 0 fully saturated rings. The topological polar surface area (TPSA) is 79.8 Å². The summed E-state index contributed by atoms with van der Waals surface area (Å²) in [5.74, 6) is -0.511. The minimum absolute atomic E-state index is 0.150. The Balaban J connectivity index is 1.83. The van der Waals surface area contributed by atoms with Crippen LogP contribution in [0.5, 0.6) is 0 Å². The Hall–Kier alpha value is -2.71. The van der Waals surface area contributed by atoms with E-state index in [-0.39, 0.29) is 30.6 Å². The Morgan fingerprint density at radius 2 is 1.96 bits per heavy atom. The molecular formula is C14H14F3N5O. The van der Waals surface area contributed by atoms with Gasteiger partial charge < -0.3 is 10.6 Å². The van der Waals surface area contributed by atoms with E-state index in [9.17, 15) is 18.0 Å². The van der Waals surface area contributed by atoms with Crippen molar-refractivity contribution in [2.45, 2.75) is 13.1 Å². The minimum atomic E-state index is -4.52. The summed E-state index contributed by atoms with van der Waals surface area (Å²) in [7, 11) is 0. The smallest absolute Gasteiger partial charge is 0.352 e. The first-order valence-electron chi connectivity index (χ1n) is 6.72. The van der Waals surface area contributed by atoms with Gasteiger partial charge in [0, 0.05) is 25.0 Å². The second-order valence-corrected chi connectivity index (χ2v) is 4.61. The van der Waals surface area contributed by atoms with Crippen molar-refractivity contribution in [2.24, 2.45) is 0 Å². The molecule has 0 bridgehead atoms. The molecule has 0 radical (unpaired) electrons. The van der Waals surface area contributed by atoms with E-state index in [0.717, 1.165) is 12.3 Å². The molecule has 0 unspecified atom stereocenters. The molecule has 0 atom stereocenters. The summed E-state index contributed by atoms with van der Waals surface area (Å²) in [4.78, 5) is 22.9. The Morgan fingerprint density at radius 1 is 1.17 bits per heavy atom. The van der Waals surface area contributed by atoms with E-state index in [4.69, 9.17) is 0 Å². The highest BCUT2D eigenvalue weighted by Gasteiger charge is 2.32. The lowest BCUT2D eigenvalue weighted by Gasteiger charge is -2.09. The zero-order valence-electron chi connectivity index (χ0n) is 12.2. The van der Waals surface area contributed by atoms with Crippen LogP contribution >= 0.6 is 0 Å². The summed E-state index contributed by atoms with van der Waals surface area (Å²) < 4.78 is 37.5. The fraction of sp³-hybridized carbons (Fsp3) is 0.286. The van der Waals surface area contributed by atoms with Crippen LogP contribution in [0.4, 0.5) is 19.1 Å². The predicted octanol–water partition coefficient (Wildman–Crippen LogP) is 2.04. The Bertz CT molecular complexity index is 690. The Morgan fingerprint density at radius 3 is 2.65 bits per heavy atom. The summed E-state index contributed by atoms with van der Waals surface area (Å²) in [5.41, 5.74) is -0.0311. The van der Waals surface area contributed by atoms with Crippen molar-refractivity contribution in [3.8, 4) is 0 Å². The molecule has 6 nitrogen and oxygen atoms in total. The molecule has 0 aliphatic heterocycles. The number of halogens is 3. The van der Waals surface area contributed by atoms with Crippen molar-refractivity contribution in [1.82, 2.24) is 20.3 Å². The maximum atomic E-state index is 12.5. The molecule has 2 rings (SSSR count). The quantitative estimate of drug-likeness (QED) is 0.823. The number of amides is 1. The van der Waals surface area contributed by atoms with Gasteiger partial charge in [-0.25, -0.2) is 15.0 Å². The Kier molecular flexibility index (Phi) is 5.09. The average molecular weight is 325 g/mol. The molecule has 0 saturated carbocycles. The standard InChI is InChI=1S/C14H14F3N5O/c1-9-3-2-4-10(21-9)12(23)18-7-8-20-13-19-6-5-11(22-13)14(15,16)17/h2-6H,7-8H2,1H3,(H,18,23)(H,19,20,22). The number of hydrogen-bond donors (Lipinski definition) is 2. The third-order valence-corrected chi connectivity index (χ3v) is 2.76. The van der Waals surface area contributed by atoms with E-state index >= 15 is 0 Å². The van der Waals surface area contributed by atoms with Crippen LogP contribution in [0.2, 0.25) is 0 Å². The van der Waals surface area contributed by atoms with Gasteiger partial charge in [-0.3, -0.25) is 4.79 Å². The van der Waals surface area contributed by atoms with Crippen molar-refractivity contribution >= 4 is 11.9 Å². The molecule has 0 saturated heterocycles. The zero-order chi connectivity index (χ0) is 16.9. The highest BCUT2D eigenvalue weighted by atomic mass is 19.4. The molecule has 0 spiro atoms. The zero-order valence-corrected chi connectivity index (χ0v) is 12.2. The van der Waals surface area contributed by atoms with Gasteiger partial charge in [0.25, 0.3) is 5.91 Å². The van der Waals surface area contributed by atoms with Gasteiger partial charge in [0.15, 0.2) is 0 Å². The lowest BCUT2D eigenvalue weighted by Crippen LogP contribution is -2.29. The van der Waals surface area contributed by atoms with Crippen LogP contribution in [-0.4, -0.2) is 33.9 Å². The number of aryl methyl sites for hydroxylation is 1. The summed E-state index contributed by atoms with van der Waals surface area (Å²) in [6.45, 7) is 2.14. The van der Waals surface area contributed by atoms with Crippen LogP contribution in [0, 0.1) is 6.92 Å². The first-order valence-corrected chi connectivity index (χ1v) is 6.72. The third-order valence-electron chi connectivity index (χ3n) is 2.76. The number of nitrogens with one attached hydrogen (secondary N) is 2. The largest absolute Gasteiger partial charge is 0.433 e. The lowest BCUT2D eigenvalue weighted by atomic mass is 10.3. The number of carbonyl (C=O) groups is 1. The molecule has 0 aromatic carbocycles. The second kappa shape index (κ2) is 7.03. The molecule has 2 aromatic rings. The summed E-state index contributed by atoms with van der Waals surface area (Å²) in [6.07, 6.45) is -3.50. The summed E-state index contributed by atoms with van der Waals surface area (Å²) in [5, 5.41) is 5.22. The number of alkyl halides is 3. The molecule has 23 heavy (non-hydrogen) atoms. The van der Waals surface area contributed by atoms with E-state index in [2.05, 4.69) is 25.6 Å². The van der Waals surface area contributed by atoms with Crippen molar-refractivity contribution < 1.29 is 18.0 Å². The van der Waals surface area contributed by atoms with Gasteiger partial charge in [0.1, 0.15) is 11.4 Å². The molecule has 2 N–H and O–H groups in total. The molecule has 0 aliphatic rings.